The molecule has 0 saturated heterocycles. The third-order valence-electron chi connectivity index (χ3n) is 1.68. The summed E-state index contributed by atoms with van der Waals surface area (Å²) in [5.41, 5.74) is 0. The van der Waals surface area contributed by atoms with Gasteiger partial charge in [-0.15, -0.1) is 0 Å². The Hall–Kier alpha value is -0.460. The van der Waals surface area contributed by atoms with Gasteiger partial charge in [-0.05, 0) is 18.4 Å². The molecule has 0 fully saturated rings. The van der Waals surface area contributed by atoms with E-state index in [4.69, 9.17) is 5.11 Å². The summed E-state index contributed by atoms with van der Waals surface area (Å²) in [5, 5.41) is 8.41. The minimum Gasteiger partial charge on any atom is -0.516 e. The minimum absolute atomic E-state index is 0.538. The van der Waals surface area contributed by atoms with Crippen LogP contribution in [0, 0.1) is 5.92 Å². The summed E-state index contributed by atoms with van der Waals surface area (Å²) in [4.78, 5) is 0. The van der Waals surface area contributed by atoms with Gasteiger partial charge in [0.05, 0.1) is 6.26 Å². The summed E-state index contributed by atoms with van der Waals surface area (Å²) >= 11 is 0. The van der Waals surface area contributed by atoms with E-state index in [-0.39, 0.29) is 0 Å². The topological polar surface area (TPSA) is 20.2 Å². The third-order valence-corrected chi connectivity index (χ3v) is 1.68. The van der Waals surface area contributed by atoms with E-state index in [0.717, 1.165) is 6.26 Å². The monoisotopic (exact) mass is 142 g/mol. The molecule has 0 spiro atoms. The van der Waals surface area contributed by atoms with E-state index in [1.807, 2.05) is 6.08 Å². The fourth-order valence-electron chi connectivity index (χ4n) is 0.959. The first-order chi connectivity index (χ1) is 4.81. The highest BCUT2D eigenvalue weighted by Gasteiger charge is 1.94. The Morgan fingerprint density at radius 2 is 2.10 bits per heavy atom. The van der Waals surface area contributed by atoms with Crippen LogP contribution in [0.4, 0.5) is 0 Å². The van der Waals surface area contributed by atoms with E-state index in [2.05, 4.69) is 13.8 Å². The maximum absolute atomic E-state index is 8.41. The molecule has 0 aliphatic rings. The van der Waals surface area contributed by atoms with Gasteiger partial charge < -0.3 is 5.11 Å². The molecule has 1 nitrogen and oxygen atoms in total. The normalized spacial score (nSPS) is 14.2. The van der Waals surface area contributed by atoms with Crippen molar-refractivity contribution in [3.05, 3.63) is 12.3 Å². The quantitative estimate of drug-likeness (QED) is 0.461. The molecule has 0 aliphatic carbocycles. The molecular formula is C9H18O. The highest BCUT2D eigenvalue weighted by atomic mass is 16.2. The maximum Gasteiger partial charge on any atom is 0.0754 e. The van der Waals surface area contributed by atoms with Gasteiger partial charge in [0, 0.05) is 0 Å². The number of aliphatic hydroxyl groups is 1. The highest BCUT2D eigenvalue weighted by Crippen LogP contribution is 2.09. The number of aliphatic hydroxyl groups excluding tert-OH is 1. The summed E-state index contributed by atoms with van der Waals surface area (Å²) in [6.45, 7) is 4.33. The van der Waals surface area contributed by atoms with Gasteiger partial charge in [0.25, 0.3) is 0 Å². The average Bonchev–Trinajstić information content (AvgIpc) is 1.89. The van der Waals surface area contributed by atoms with Gasteiger partial charge in [0.2, 0.25) is 0 Å². The number of hydrogen-bond donors (Lipinski definition) is 1. The molecule has 1 heteroatoms. The summed E-state index contributed by atoms with van der Waals surface area (Å²) in [6.07, 6.45) is 8.05. The molecule has 1 atom stereocenters. The smallest absolute Gasteiger partial charge is 0.0754 e. The van der Waals surface area contributed by atoms with Gasteiger partial charge in [0.15, 0.2) is 0 Å². The predicted octanol–water partition coefficient (Wildman–Crippen LogP) is 3.27. The van der Waals surface area contributed by atoms with Gasteiger partial charge in [-0.1, -0.05) is 33.1 Å². The van der Waals surface area contributed by atoms with Crippen molar-refractivity contribution in [1.29, 1.82) is 0 Å². The zero-order valence-corrected chi connectivity index (χ0v) is 7.01. The van der Waals surface area contributed by atoms with E-state index < -0.39 is 0 Å². The van der Waals surface area contributed by atoms with Crippen molar-refractivity contribution in [2.75, 3.05) is 0 Å². The lowest BCUT2D eigenvalue weighted by Crippen LogP contribution is -1.88. The van der Waals surface area contributed by atoms with E-state index in [0.29, 0.717) is 5.92 Å². The minimum atomic E-state index is 0.538. The Morgan fingerprint density at radius 3 is 2.60 bits per heavy atom. The summed E-state index contributed by atoms with van der Waals surface area (Å²) in [6, 6.07) is 0. The highest BCUT2D eigenvalue weighted by molar-refractivity contribution is 4.78. The number of unbranched alkanes of at least 4 members (excludes halogenated alkanes) is 2. The van der Waals surface area contributed by atoms with E-state index >= 15 is 0 Å². The molecule has 0 aromatic carbocycles. The van der Waals surface area contributed by atoms with E-state index in [9.17, 15) is 0 Å². The van der Waals surface area contributed by atoms with Crippen LogP contribution in [0.5, 0.6) is 0 Å². The standard InChI is InChI=1S/C9H18O/c1-3-4-5-6-9(2)7-8-10/h7-10H,3-6H2,1-2H3/b8-7+. The second kappa shape index (κ2) is 6.66. The van der Waals surface area contributed by atoms with Crippen molar-refractivity contribution in [3.8, 4) is 0 Å². The number of rotatable bonds is 5. The lowest BCUT2D eigenvalue weighted by Gasteiger charge is -2.02. The first-order valence-electron chi connectivity index (χ1n) is 4.12. The molecule has 60 valence electrons. The van der Waals surface area contributed by atoms with Crippen molar-refractivity contribution >= 4 is 0 Å². The molecule has 0 radical (unpaired) electrons. The van der Waals surface area contributed by atoms with Gasteiger partial charge in [-0.2, -0.15) is 0 Å². The molecule has 0 aromatic heterocycles. The van der Waals surface area contributed by atoms with E-state index in [1.165, 1.54) is 25.7 Å². The van der Waals surface area contributed by atoms with Crippen LogP contribution in [-0.4, -0.2) is 5.11 Å². The molecule has 1 unspecified atom stereocenters. The van der Waals surface area contributed by atoms with Crippen LogP contribution >= 0.6 is 0 Å². The van der Waals surface area contributed by atoms with Gasteiger partial charge in [0.1, 0.15) is 0 Å². The molecule has 0 aliphatic heterocycles. The van der Waals surface area contributed by atoms with Crippen LogP contribution < -0.4 is 0 Å². The van der Waals surface area contributed by atoms with Crippen molar-refractivity contribution in [3.63, 3.8) is 0 Å². The predicted molar refractivity (Wildman–Crippen MR) is 45.1 cm³/mol. The molecule has 1 N–H and O–H groups in total. The van der Waals surface area contributed by atoms with Gasteiger partial charge in [-0.25, -0.2) is 0 Å². The van der Waals surface area contributed by atoms with Gasteiger partial charge in [-0.3, -0.25) is 0 Å². The Kier molecular flexibility index (Phi) is 6.35. The summed E-state index contributed by atoms with van der Waals surface area (Å²) in [7, 11) is 0. The van der Waals surface area contributed by atoms with Crippen LogP contribution in [0.3, 0.4) is 0 Å². The Labute approximate surface area is 63.8 Å². The number of allylic oxidation sites excluding steroid dienone is 1. The van der Waals surface area contributed by atoms with Crippen LogP contribution in [-0.2, 0) is 0 Å². The van der Waals surface area contributed by atoms with Gasteiger partial charge >= 0.3 is 0 Å². The molecule has 0 aromatic rings. The fraction of sp³-hybridized carbons (Fsp3) is 0.778. The van der Waals surface area contributed by atoms with Crippen molar-refractivity contribution in [1.82, 2.24) is 0 Å². The third kappa shape index (κ3) is 5.67. The van der Waals surface area contributed by atoms with Crippen molar-refractivity contribution < 1.29 is 5.11 Å². The molecule has 10 heavy (non-hydrogen) atoms. The lowest BCUT2D eigenvalue weighted by molar-refractivity contribution is 0.460. The Bertz CT molecular complexity index is 86.7. The van der Waals surface area contributed by atoms with Crippen LogP contribution in [0.25, 0.3) is 0 Å². The second-order valence-electron chi connectivity index (χ2n) is 2.81. The van der Waals surface area contributed by atoms with Crippen LogP contribution in [0.15, 0.2) is 12.3 Å². The Balaban J connectivity index is 3.13. The summed E-state index contributed by atoms with van der Waals surface area (Å²) < 4.78 is 0. The Morgan fingerprint density at radius 1 is 1.40 bits per heavy atom. The molecule has 0 amide bonds. The first-order valence-corrected chi connectivity index (χ1v) is 4.12. The molecule has 0 rings (SSSR count). The van der Waals surface area contributed by atoms with Crippen molar-refractivity contribution in [2.24, 2.45) is 5.92 Å². The fourth-order valence-corrected chi connectivity index (χ4v) is 0.959. The van der Waals surface area contributed by atoms with E-state index in [1.54, 1.807) is 0 Å². The molecule has 0 heterocycles. The summed E-state index contributed by atoms with van der Waals surface area (Å²) in [5.74, 6) is 0.538. The van der Waals surface area contributed by atoms with Crippen LogP contribution in [0.1, 0.15) is 39.5 Å². The number of hydrogen-bond acceptors (Lipinski definition) is 1. The largest absolute Gasteiger partial charge is 0.516 e. The maximum atomic E-state index is 8.41. The molecule has 0 saturated carbocycles. The van der Waals surface area contributed by atoms with Crippen LogP contribution in [0.2, 0.25) is 0 Å². The lowest BCUT2D eigenvalue weighted by atomic mass is 10.0. The zero-order chi connectivity index (χ0) is 7.82. The molecular weight excluding hydrogens is 124 g/mol. The first kappa shape index (κ1) is 9.54. The average molecular weight is 142 g/mol. The SMILES string of the molecule is CCCCCC(C)/C=C/O. The van der Waals surface area contributed by atoms with Crippen molar-refractivity contribution in [2.45, 2.75) is 39.5 Å². The second-order valence-corrected chi connectivity index (χ2v) is 2.81. The molecule has 0 bridgehead atoms. The zero-order valence-electron chi connectivity index (χ0n) is 7.01.